The van der Waals surface area contributed by atoms with E-state index >= 15 is 0 Å². The van der Waals surface area contributed by atoms with E-state index < -0.39 is 32.5 Å². The van der Waals surface area contributed by atoms with Crippen molar-refractivity contribution in [2.45, 2.75) is 55.8 Å². The molecule has 0 aliphatic carbocycles. The van der Waals surface area contributed by atoms with E-state index in [9.17, 15) is 26.0 Å². The van der Waals surface area contributed by atoms with Gasteiger partial charge in [-0.15, -0.1) is 0 Å². The predicted octanol–water partition coefficient (Wildman–Crippen LogP) is 6.40. The number of rotatable bonds is 6. The van der Waals surface area contributed by atoms with Gasteiger partial charge in [0.15, 0.2) is 0 Å². The van der Waals surface area contributed by atoms with Crippen LogP contribution < -0.4 is 0 Å². The molecular weight excluding hydrogens is 556 g/mol. The standard InChI is InChI=1S/C31H34F4N2O3S/c1-20-7-6-8-25(21(20)2)22-9-11-23(12-10-22)30-27-18-36(15-4-5-16-37(27)28(30)19-40-3)41(38,39)29-14-13-24(32)17-26(29)31(33,34)35/h6-14,17,27-28,30H,4-5,15-16,18-19H2,1-3H3/t27-,28?,30-/m0/s1. The maximum absolute atomic E-state index is 13.8. The van der Waals surface area contributed by atoms with E-state index in [0.717, 1.165) is 39.7 Å². The van der Waals surface area contributed by atoms with Gasteiger partial charge in [0, 0.05) is 38.2 Å². The van der Waals surface area contributed by atoms with Gasteiger partial charge in [-0.3, -0.25) is 4.90 Å². The van der Waals surface area contributed by atoms with Crippen LogP contribution >= 0.6 is 0 Å². The Balaban J connectivity index is 1.48. The molecule has 10 heteroatoms. The summed E-state index contributed by atoms with van der Waals surface area (Å²) >= 11 is 0. The molecule has 2 fully saturated rings. The van der Waals surface area contributed by atoms with Gasteiger partial charge in [-0.25, -0.2) is 12.8 Å². The zero-order valence-electron chi connectivity index (χ0n) is 23.3. The Kier molecular flexibility index (Phi) is 8.31. The van der Waals surface area contributed by atoms with Crippen LogP contribution in [-0.4, -0.2) is 63.1 Å². The van der Waals surface area contributed by atoms with Crippen molar-refractivity contribution in [2.24, 2.45) is 0 Å². The number of alkyl halides is 3. The van der Waals surface area contributed by atoms with Crippen molar-refractivity contribution in [3.05, 3.63) is 88.7 Å². The SMILES string of the molecule is COCC1[C@@H](c2ccc(-c3cccc(C)c3C)cc2)[C@@H]2CN(S(=O)(=O)c3ccc(F)cc3C(F)(F)F)CCCCN12. The number of nitrogens with zero attached hydrogens (tertiary/aromatic N) is 2. The Morgan fingerprint density at radius 1 is 0.976 bits per heavy atom. The van der Waals surface area contributed by atoms with Crippen molar-refractivity contribution in [1.82, 2.24) is 9.21 Å². The lowest BCUT2D eigenvalue weighted by Crippen LogP contribution is -2.68. The topological polar surface area (TPSA) is 49.9 Å². The smallest absolute Gasteiger partial charge is 0.383 e. The fraction of sp³-hybridized carbons (Fsp3) is 0.419. The molecule has 2 aliphatic rings. The molecular formula is C31H34F4N2O3S. The van der Waals surface area contributed by atoms with Crippen molar-refractivity contribution < 1.29 is 30.7 Å². The van der Waals surface area contributed by atoms with Crippen molar-refractivity contribution in [2.75, 3.05) is 33.4 Å². The largest absolute Gasteiger partial charge is 0.417 e. The van der Waals surface area contributed by atoms with Crippen LogP contribution in [0.3, 0.4) is 0 Å². The first-order chi connectivity index (χ1) is 19.4. The first kappa shape index (κ1) is 29.7. The highest BCUT2D eigenvalue weighted by atomic mass is 32.2. The minimum atomic E-state index is -5.01. The van der Waals surface area contributed by atoms with Crippen LogP contribution in [0.15, 0.2) is 65.6 Å². The molecule has 3 aromatic rings. The number of methoxy groups -OCH3 is 1. The number of aryl methyl sites for hydroxylation is 1. The molecule has 3 aromatic carbocycles. The third kappa shape index (κ3) is 5.67. The zero-order valence-corrected chi connectivity index (χ0v) is 24.1. The molecule has 2 saturated heterocycles. The zero-order chi connectivity index (χ0) is 29.5. The average Bonchev–Trinajstić information content (AvgIpc) is 2.91. The second-order valence-electron chi connectivity index (χ2n) is 10.9. The van der Waals surface area contributed by atoms with E-state index in [0.29, 0.717) is 19.4 Å². The minimum Gasteiger partial charge on any atom is -0.383 e. The molecule has 2 heterocycles. The van der Waals surface area contributed by atoms with E-state index in [1.165, 1.54) is 11.1 Å². The van der Waals surface area contributed by atoms with Crippen molar-refractivity contribution in [1.29, 1.82) is 0 Å². The monoisotopic (exact) mass is 590 g/mol. The number of hydrogen-bond acceptors (Lipinski definition) is 4. The molecule has 3 atom stereocenters. The molecule has 41 heavy (non-hydrogen) atoms. The first-order valence-corrected chi connectivity index (χ1v) is 15.2. The molecule has 2 aliphatic heterocycles. The Labute approximate surface area is 238 Å². The Bertz CT molecular complexity index is 1510. The van der Waals surface area contributed by atoms with Crippen LogP contribution in [0.2, 0.25) is 0 Å². The summed E-state index contributed by atoms with van der Waals surface area (Å²) in [7, 11) is -2.93. The molecule has 1 unspecified atom stereocenters. The van der Waals surface area contributed by atoms with E-state index in [-0.39, 0.29) is 37.2 Å². The minimum absolute atomic E-state index is 0.00997. The molecule has 0 aromatic heterocycles. The quantitative estimate of drug-likeness (QED) is 0.312. The molecule has 220 valence electrons. The van der Waals surface area contributed by atoms with E-state index in [1.807, 2.05) is 6.07 Å². The lowest BCUT2D eigenvalue weighted by atomic mass is 9.74. The van der Waals surface area contributed by atoms with Gasteiger partial charge in [-0.1, -0.05) is 42.5 Å². The molecule has 0 saturated carbocycles. The molecule has 0 bridgehead atoms. The molecule has 0 N–H and O–H groups in total. The highest BCUT2D eigenvalue weighted by Crippen LogP contribution is 2.44. The summed E-state index contributed by atoms with van der Waals surface area (Å²) in [6.07, 6.45) is -3.82. The van der Waals surface area contributed by atoms with E-state index in [2.05, 4.69) is 55.1 Å². The Morgan fingerprint density at radius 3 is 2.37 bits per heavy atom. The van der Waals surface area contributed by atoms with Gasteiger partial charge in [0.2, 0.25) is 10.0 Å². The van der Waals surface area contributed by atoms with Crippen LogP contribution in [0, 0.1) is 19.7 Å². The van der Waals surface area contributed by atoms with E-state index in [4.69, 9.17) is 4.74 Å². The third-order valence-corrected chi connectivity index (χ3v) is 10.5. The number of benzene rings is 3. The van der Waals surface area contributed by atoms with Crippen molar-refractivity contribution in [3.8, 4) is 11.1 Å². The summed E-state index contributed by atoms with van der Waals surface area (Å²) in [5.41, 5.74) is 4.16. The summed E-state index contributed by atoms with van der Waals surface area (Å²) in [6.45, 7) is 5.47. The number of ether oxygens (including phenoxy) is 1. The van der Waals surface area contributed by atoms with Gasteiger partial charge in [-0.05, 0) is 79.3 Å². The number of hydrogen-bond donors (Lipinski definition) is 0. The van der Waals surface area contributed by atoms with Gasteiger partial charge < -0.3 is 4.74 Å². The number of fused-ring (bicyclic) bond motifs is 1. The highest BCUT2D eigenvalue weighted by molar-refractivity contribution is 7.89. The lowest BCUT2D eigenvalue weighted by Gasteiger charge is -2.57. The second-order valence-corrected chi connectivity index (χ2v) is 12.8. The summed E-state index contributed by atoms with van der Waals surface area (Å²) in [4.78, 5) is 1.30. The summed E-state index contributed by atoms with van der Waals surface area (Å²) in [5, 5.41) is 0. The van der Waals surface area contributed by atoms with Gasteiger partial charge in [0.25, 0.3) is 0 Å². The third-order valence-electron chi connectivity index (χ3n) is 8.56. The highest BCUT2D eigenvalue weighted by Gasteiger charge is 2.51. The van der Waals surface area contributed by atoms with E-state index in [1.54, 1.807) is 7.11 Å². The normalized spacial score (nSPS) is 22.5. The van der Waals surface area contributed by atoms with Gasteiger partial charge >= 0.3 is 6.18 Å². The van der Waals surface area contributed by atoms with Crippen LogP contribution in [0.25, 0.3) is 11.1 Å². The van der Waals surface area contributed by atoms with Crippen LogP contribution in [-0.2, 0) is 20.9 Å². The second kappa shape index (κ2) is 11.5. The van der Waals surface area contributed by atoms with Gasteiger partial charge in [0.1, 0.15) is 5.82 Å². The maximum atomic E-state index is 13.8. The summed E-state index contributed by atoms with van der Waals surface area (Å²) in [5.74, 6) is -1.21. The summed E-state index contributed by atoms with van der Waals surface area (Å²) in [6, 6.07) is 15.9. The van der Waals surface area contributed by atoms with Crippen LogP contribution in [0.1, 0.15) is 41.0 Å². The van der Waals surface area contributed by atoms with Crippen molar-refractivity contribution in [3.63, 3.8) is 0 Å². The van der Waals surface area contributed by atoms with Gasteiger partial charge in [0.05, 0.1) is 17.1 Å². The number of halogens is 4. The maximum Gasteiger partial charge on any atom is 0.417 e. The molecule has 0 spiro atoms. The lowest BCUT2D eigenvalue weighted by molar-refractivity contribution is -0.140. The molecule has 5 rings (SSSR count). The van der Waals surface area contributed by atoms with Gasteiger partial charge in [-0.2, -0.15) is 17.5 Å². The first-order valence-electron chi connectivity index (χ1n) is 13.7. The fourth-order valence-corrected chi connectivity index (χ4v) is 8.00. The fourth-order valence-electron chi connectivity index (χ4n) is 6.32. The predicted molar refractivity (Wildman–Crippen MR) is 150 cm³/mol. The van der Waals surface area contributed by atoms with Crippen LogP contribution in [0.4, 0.5) is 17.6 Å². The van der Waals surface area contributed by atoms with Crippen molar-refractivity contribution >= 4 is 10.0 Å². The summed E-state index contributed by atoms with van der Waals surface area (Å²) < 4.78 is 89.1. The molecule has 0 radical (unpaired) electrons. The molecule has 5 nitrogen and oxygen atoms in total. The molecule has 0 amide bonds. The Morgan fingerprint density at radius 2 is 1.68 bits per heavy atom. The van der Waals surface area contributed by atoms with Crippen LogP contribution in [0.5, 0.6) is 0 Å². The Hall–Kier alpha value is -2.79. The number of sulfonamides is 1. The average molecular weight is 591 g/mol.